The van der Waals surface area contributed by atoms with Gasteiger partial charge in [-0.3, -0.25) is 4.79 Å². The molecule has 0 aliphatic heterocycles. The Morgan fingerprint density at radius 3 is 2.71 bits per heavy atom. The van der Waals surface area contributed by atoms with Crippen LogP contribution in [-0.4, -0.2) is 43.0 Å². The van der Waals surface area contributed by atoms with E-state index < -0.39 is 0 Å². The van der Waals surface area contributed by atoms with Crippen LogP contribution in [0, 0.1) is 0 Å². The minimum Gasteiger partial charge on any atom is -0.341 e. The Labute approximate surface area is 108 Å². The average Bonchev–Trinajstić information content (AvgIpc) is 2.35. The predicted octanol–water partition coefficient (Wildman–Crippen LogP) is 1.60. The molecular weight excluding hydrogens is 232 g/mol. The van der Waals surface area contributed by atoms with E-state index >= 15 is 0 Å². The molecule has 0 aliphatic rings. The fourth-order valence-electron chi connectivity index (χ4n) is 1.39. The predicted molar refractivity (Wildman–Crippen MR) is 74.2 cm³/mol. The van der Waals surface area contributed by atoms with Crippen LogP contribution in [0.25, 0.3) is 0 Å². The van der Waals surface area contributed by atoms with E-state index in [1.807, 2.05) is 44.4 Å². The Kier molecular flexibility index (Phi) is 6.74. The molecule has 94 valence electrons. The zero-order valence-electron chi connectivity index (χ0n) is 10.5. The van der Waals surface area contributed by atoms with Gasteiger partial charge in [-0.1, -0.05) is 30.3 Å². The highest BCUT2D eigenvalue weighted by atomic mass is 32.2. The van der Waals surface area contributed by atoms with Gasteiger partial charge in [0.2, 0.25) is 5.91 Å². The maximum atomic E-state index is 11.8. The Balaban J connectivity index is 2.27. The van der Waals surface area contributed by atoms with Gasteiger partial charge in [-0.05, 0) is 12.6 Å². The molecule has 1 amide bonds. The van der Waals surface area contributed by atoms with Crippen LogP contribution in [0.1, 0.15) is 5.56 Å². The standard InChI is InChI=1S/C13H20N2OS/c1-14-8-9-17-11-13(16)15(2)10-12-6-4-3-5-7-12/h3-7,14H,8-11H2,1-2H3. The van der Waals surface area contributed by atoms with Gasteiger partial charge in [0.1, 0.15) is 0 Å². The van der Waals surface area contributed by atoms with E-state index in [9.17, 15) is 4.79 Å². The largest absolute Gasteiger partial charge is 0.341 e. The monoisotopic (exact) mass is 252 g/mol. The molecule has 0 aromatic heterocycles. The molecule has 1 aromatic carbocycles. The molecule has 0 unspecified atom stereocenters. The molecule has 0 spiro atoms. The van der Waals surface area contributed by atoms with Gasteiger partial charge >= 0.3 is 0 Å². The van der Waals surface area contributed by atoms with E-state index in [1.54, 1.807) is 16.7 Å². The van der Waals surface area contributed by atoms with Crippen molar-refractivity contribution >= 4 is 17.7 Å². The van der Waals surface area contributed by atoms with E-state index in [1.165, 1.54) is 5.56 Å². The van der Waals surface area contributed by atoms with Crippen molar-refractivity contribution in [3.8, 4) is 0 Å². The third-order valence-corrected chi connectivity index (χ3v) is 3.35. The van der Waals surface area contributed by atoms with Crippen LogP contribution in [0.3, 0.4) is 0 Å². The minimum atomic E-state index is 0.190. The third kappa shape index (κ3) is 5.75. The number of carbonyl (C=O) groups is 1. The Morgan fingerprint density at radius 2 is 2.06 bits per heavy atom. The summed E-state index contributed by atoms with van der Waals surface area (Å²) < 4.78 is 0. The molecule has 4 heteroatoms. The summed E-state index contributed by atoms with van der Waals surface area (Å²) in [5.74, 6) is 1.72. The minimum absolute atomic E-state index is 0.190. The maximum absolute atomic E-state index is 11.8. The molecular formula is C13H20N2OS. The van der Waals surface area contributed by atoms with E-state index in [0.29, 0.717) is 12.3 Å². The third-order valence-electron chi connectivity index (χ3n) is 2.41. The SMILES string of the molecule is CNCCSCC(=O)N(C)Cc1ccccc1. The van der Waals surface area contributed by atoms with Gasteiger partial charge < -0.3 is 10.2 Å². The highest BCUT2D eigenvalue weighted by molar-refractivity contribution is 7.99. The first-order valence-corrected chi connectivity index (χ1v) is 6.89. The Hall–Kier alpha value is -1.00. The van der Waals surface area contributed by atoms with Crippen LogP contribution in [0.4, 0.5) is 0 Å². The lowest BCUT2D eigenvalue weighted by molar-refractivity contribution is -0.127. The Morgan fingerprint density at radius 1 is 1.35 bits per heavy atom. The first-order valence-electron chi connectivity index (χ1n) is 5.74. The summed E-state index contributed by atoms with van der Waals surface area (Å²) in [6.07, 6.45) is 0. The molecule has 0 saturated carbocycles. The summed E-state index contributed by atoms with van der Waals surface area (Å²) in [6, 6.07) is 10.1. The van der Waals surface area contributed by atoms with Crippen LogP contribution in [0.15, 0.2) is 30.3 Å². The highest BCUT2D eigenvalue weighted by Crippen LogP contribution is 2.06. The molecule has 3 nitrogen and oxygen atoms in total. The van der Waals surface area contributed by atoms with Crippen molar-refractivity contribution in [1.82, 2.24) is 10.2 Å². The van der Waals surface area contributed by atoms with Gasteiger partial charge in [-0.2, -0.15) is 11.8 Å². The van der Waals surface area contributed by atoms with Crippen molar-refractivity contribution in [2.45, 2.75) is 6.54 Å². The second-order valence-corrected chi connectivity index (χ2v) is 5.00. The summed E-state index contributed by atoms with van der Waals surface area (Å²) in [5, 5.41) is 3.06. The number of thioether (sulfide) groups is 1. The molecule has 17 heavy (non-hydrogen) atoms. The van der Waals surface area contributed by atoms with Crippen molar-refractivity contribution < 1.29 is 4.79 Å². The van der Waals surface area contributed by atoms with E-state index in [-0.39, 0.29) is 5.91 Å². The van der Waals surface area contributed by atoms with E-state index in [2.05, 4.69) is 5.32 Å². The van der Waals surface area contributed by atoms with Crippen LogP contribution in [0.2, 0.25) is 0 Å². The number of amides is 1. The van der Waals surface area contributed by atoms with Crippen LogP contribution in [-0.2, 0) is 11.3 Å². The van der Waals surface area contributed by atoms with E-state index in [4.69, 9.17) is 0 Å². The molecule has 1 N–H and O–H groups in total. The molecule has 1 rings (SSSR count). The zero-order chi connectivity index (χ0) is 12.5. The lowest BCUT2D eigenvalue weighted by atomic mass is 10.2. The lowest BCUT2D eigenvalue weighted by Crippen LogP contribution is -2.28. The van der Waals surface area contributed by atoms with Crippen molar-refractivity contribution in [3.05, 3.63) is 35.9 Å². The van der Waals surface area contributed by atoms with Crippen molar-refractivity contribution in [2.24, 2.45) is 0 Å². The van der Waals surface area contributed by atoms with Gasteiger partial charge in [0.15, 0.2) is 0 Å². The normalized spacial score (nSPS) is 10.2. The number of hydrogen-bond acceptors (Lipinski definition) is 3. The molecule has 0 bridgehead atoms. The molecule has 0 atom stereocenters. The van der Waals surface area contributed by atoms with Crippen LogP contribution in [0.5, 0.6) is 0 Å². The van der Waals surface area contributed by atoms with Gasteiger partial charge in [-0.15, -0.1) is 0 Å². The zero-order valence-corrected chi connectivity index (χ0v) is 11.3. The fourth-order valence-corrected chi connectivity index (χ4v) is 2.28. The number of hydrogen-bond donors (Lipinski definition) is 1. The van der Waals surface area contributed by atoms with Gasteiger partial charge in [-0.25, -0.2) is 0 Å². The molecule has 0 radical (unpaired) electrons. The number of nitrogens with zero attached hydrogens (tertiary/aromatic N) is 1. The molecule has 0 heterocycles. The summed E-state index contributed by atoms with van der Waals surface area (Å²) in [5.41, 5.74) is 1.17. The van der Waals surface area contributed by atoms with Gasteiger partial charge in [0.05, 0.1) is 5.75 Å². The number of nitrogens with one attached hydrogen (secondary N) is 1. The number of benzene rings is 1. The second-order valence-electron chi connectivity index (χ2n) is 3.89. The second kappa shape index (κ2) is 8.14. The maximum Gasteiger partial charge on any atom is 0.232 e. The highest BCUT2D eigenvalue weighted by Gasteiger charge is 2.08. The average molecular weight is 252 g/mol. The summed E-state index contributed by atoms with van der Waals surface area (Å²) in [4.78, 5) is 13.6. The fraction of sp³-hybridized carbons (Fsp3) is 0.462. The summed E-state index contributed by atoms with van der Waals surface area (Å²) >= 11 is 1.67. The lowest BCUT2D eigenvalue weighted by Gasteiger charge is -2.17. The van der Waals surface area contributed by atoms with Gasteiger partial charge in [0, 0.05) is 25.9 Å². The molecule has 0 fully saturated rings. The van der Waals surface area contributed by atoms with Crippen LogP contribution >= 0.6 is 11.8 Å². The molecule has 1 aromatic rings. The van der Waals surface area contributed by atoms with Crippen molar-refractivity contribution in [3.63, 3.8) is 0 Å². The van der Waals surface area contributed by atoms with Gasteiger partial charge in [0.25, 0.3) is 0 Å². The van der Waals surface area contributed by atoms with Crippen LogP contribution < -0.4 is 5.32 Å². The topological polar surface area (TPSA) is 32.3 Å². The molecule has 0 saturated heterocycles. The quantitative estimate of drug-likeness (QED) is 0.748. The molecule has 0 aliphatic carbocycles. The number of rotatable bonds is 7. The van der Waals surface area contributed by atoms with E-state index in [0.717, 1.165) is 12.3 Å². The van der Waals surface area contributed by atoms with Crippen molar-refractivity contribution in [2.75, 3.05) is 32.1 Å². The first kappa shape index (κ1) is 14.1. The Bertz CT molecular complexity index is 329. The first-order chi connectivity index (χ1) is 8.24. The number of carbonyl (C=O) groups excluding carboxylic acids is 1. The smallest absolute Gasteiger partial charge is 0.232 e. The van der Waals surface area contributed by atoms with Crippen molar-refractivity contribution in [1.29, 1.82) is 0 Å². The summed E-state index contributed by atoms with van der Waals surface area (Å²) in [6.45, 7) is 1.63. The summed E-state index contributed by atoms with van der Waals surface area (Å²) in [7, 11) is 3.78.